The van der Waals surface area contributed by atoms with Crippen LogP contribution in [0.3, 0.4) is 0 Å². The summed E-state index contributed by atoms with van der Waals surface area (Å²) >= 11 is 0. The van der Waals surface area contributed by atoms with Crippen LogP contribution in [0.2, 0.25) is 0 Å². The second-order valence-electron chi connectivity index (χ2n) is 8.69. The Labute approximate surface area is 161 Å². The second-order valence-corrected chi connectivity index (χ2v) is 8.69. The van der Waals surface area contributed by atoms with Crippen LogP contribution in [0.5, 0.6) is 0 Å². The molecule has 146 valence electrons. The van der Waals surface area contributed by atoms with Crippen molar-refractivity contribution in [2.45, 2.75) is 47.1 Å². The number of fused-ring (bicyclic) bond motifs is 1. The van der Waals surface area contributed by atoms with E-state index in [1.807, 2.05) is 56.6 Å². The van der Waals surface area contributed by atoms with Gasteiger partial charge in [0.05, 0.1) is 23.9 Å². The number of hydrogen-bond acceptors (Lipinski definition) is 3. The number of carbonyl (C=O) groups excluding carboxylic acids is 2. The Morgan fingerprint density at radius 2 is 2.04 bits per heavy atom. The van der Waals surface area contributed by atoms with Crippen molar-refractivity contribution >= 4 is 17.5 Å². The summed E-state index contributed by atoms with van der Waals surface area (Å²) in [5, 5.41) is 3.10. The van der Waals surface area contributed by atoms with Crippen molar-refractivity contribution in [1.82, 2.24) is 19.6 Å². The number of nitrogens with one attached hydrogen (secondary N) is 1. The molecule has 1 fully saturated rings. The first-order valence-corrected chi connectivity index (χ1v) is 9.50. The number of hydrogen-bond donors (Lipinski definition) is 1. The van der Waals surface area contributed by atoms with Gasteiger partial charge in [-0.25, -0.2) is 4.98 Å². The van der Waals surface area contributed by atoms with E-state index in [0.717, 1.165) is 23.3 Å². The lowest BCUT2D eigenvalue weighted by atomic mass is 9.65. The molecule has 2 atom stereocenters. The van der Waals surface area contributed by atoms with Crippen LogP contribution < -0.4 is 5.32 Å². The molecular formula is C21H30N4O2. The average Bonchev–Trinajstić information content (AvgIpc) is 3.13. The third-order valence-corrected chi connectivity index (χ3v) is 6.70. The van der Waals surface area contributed by atoms with E-state index in [1.165, 1.54) is 0 Å². The second kappa shape index (κ2) is 6.66. The van der Waals surface area contributed by atoms with E-state index >= 15 is 0 Å². The van der Waals surface area contributed by atoms with E-state index in [1.54, 1.807) is 19.0 Å². The summed E-state index contributed by atoms with van der Waals surface area (Å²) in [7, 11) is 3.56. The molecule has 1 aliphatic rings. The van der Waals surface area contributed by atoms with Gasteiger partial charge >= 0.3 is 0 Å². The molecule has 2 aromatic rings. The quantitative estimate of drug-likeness (QED) is 0.900. The number of aromatic nitrogens is 2. The Hall–Kier alpha value is -2.37. The summed E-state index contributed by atoms with van der Waals surface area (Å²) < 4.78 is 2.01. The van der Waals surface area contributed by atoms with Crippen LogP contribution in [-0.4, -0.2) is 40.2 Å². The fraction of sp³-hybridized carbons (Fsp3) is 0.571. The smallest absolute Gasteiger partial charge is 0.226 e. The fourth-order valence-corrected chi connectivity index (χ4v) is 4.35. The zero-order valence-electron chi connectivity index (χ0n) is 17.2. The Balaban J connectivity index is 1.77. The lowest BCUT2D eigenvalue weighted by Gasteiger charge is -2.40. The first-order valence-electron chi connectivity index (χ1n) is 9.50. The molecule has 0 aromatic carbocycles. The number of imidazole rings is 1. The standard InChI is InChI=1S/C21H30N4O2/c1-14-8-7-11-25-15(12-22-17(14)25)13-23-19(27)21(4)10-9-16(20(21,2)3)18(26)24(5)6/h7-8,11-12,16H,9-10,13H2,1-6H3,(H,23,27)/t16-,21+/m0/s1. The van der Waals surface area contributed by atoms with Gasteiger partial charge in [-0.2, -0.15) is 0 Å². The lowest BCUT2D eigenvalue weighted by molar-refractivity contribution is -0.142. The Morgan fingerprint density at radius 3 is 2.70 bits per heavy atom. The number of nitrogens with zero attached hydrogens (tertiary/aromatic N) is 3. The van der Waals surface area contributed by atoms with E-state index in [4.69, 9.17) is 0 Å². The van der Waals surface area contributed by atoms with Crippen LogP contribution in [-0.2, 0) is 16.1 Å². The van der Waals surface area contributed by atoms with Gasteiger partial charge in [0.15, 0.2) is 0 Å². The van der Waals surface area contributed by atoms with Crippen molar-refractivity contribution in [2.75, 3.05) is 14.1 Å². The Bertz CT molecular complexity index is 883. The maximum atomic E-state index is 13.2. The zero-order chi connectivity index (χ0) is 20.0. The van der Waals surface area contributed by atoms with Crippen molar-refractivity contribution < 1.29 is 9.59 Å². The number of rotatable bonds is 4. The topological polar surface area (TPSA) is 66.7 Å². The van der Waals surface area contributed by atoms with Crippen LogP contribution in [0.4, 0.5) is 0 Å². The molecule has 2 amide bonds. The van der Waals surface area contributed by atoms with Crippen molar-refractivity contribution in [2.24, 2.45) is 16.7 Å². The van der Waals surface area contributed by atoms with Gasteiger partial charge in [-0.15, -0.1) is 0 Å². The van der Waals surface area contributed by atoms with Crippen LogP contribution in [0.15, 0.2) is 24.5 Å². The molecule has 0 saturated heterocycles. The molecule has 2 aromatic heterocycles. The number of carbonyl (C=O) groups is 2. The van der Waals surface area contributed by atoms with Gasteiger partial charge < -0.3 is 14.6 Å². The molecule has 1 N–H and O–H groups in total. The summed E-state index contributed by atoms with van der Waals surface area (Å²) in [6.45, 7) is 8.52. The minimum Gasteiger partial charge on any atom is -0.350 e. The zero-order valence-corrected chi connectivity index (χ0v) is 17.2. The molecular weight excluding hydrogens is 340 g/mol. The first-order chi connectivity index (χ1) is 12.6. The minimum absolute atomic E-state index is 0.00385. The highest BCUT2D eigenvalue weighted by Crippen LogP contribution is 2.56. The molecule has 27 heavy (non-hydrogen) atoms. The summed E-state index contributed by atoms with van der Waals surface area (Å²) in [4.78, 5) is 31.8. The molecule has 0 bridgehead atoms. The summed E-state index contributed by atoms with van der Waals surface area (Å²) in [5.41, 5.74) is 1.96. The molecule has 0 aliphatic heterocycles. The minimum atomic E-state index is -0.584. The maximum Gasteiger partial charge on any atom is 0.226 e. The SMILES string of the molecule is Cc1cccn2c(CNC(=O)[C@@]3(C)CC[C@@H](C(=O)N(C)C)C3(C)C)cnc12. The maximum absolute atomic E-state index is 13.2. The highest BCUT2D eigenvalue weighted by Gasteiger charge is 2.58. The van der Waals surface area contributed by atoms with E-state index in [-0.39, 0.29) is 17.7 Å². The third-order valence-electron chi connectivity index (χ3n) is 6.70. The van der Waals surface area contributed by atoms with E-state index in [2.05, 4.69) is 10.3 Å². The van der Waals surface area contributed by atoms with Crippen molar-refractivity contribution in [3.8, 4) is 0 Å². The van der Waals surface area contributed by atoms with E-state index in [0.29, 0.717) is 13.0 Å². The Morgan fingerprint density at radius 1 is 1.33 bits per heavy atom. The van der Waals surface area contributed by atoms with Gasteiger partial charge in [0.25, 0.3) is 0 Å². The molecule has 0 spiro atoms. The van der Waals surface area contributed by atoms with Crippen molar-refractivity contribution in [1.29, 1.82) is 0 Å². The van der Waals surface area contributed by atoms with Crippen LogP contribution in [0.1, 0.15) is 44.9 Å². The van der Waals surface area contributed by atoms with Gasteiger partial charge in [0.1, 0.15) is 5.65 Å². The Kier molecular flexibility index (Phi) is 4.78. The normalized spacial score (nSPS) is 24.1. The predicted octanol–water partition coefficient (Wildman–Crippen LogP) is 2.79. The molecule has 6 nitrogen and oxygen atoms in total. The molecule has 6 heteroatoms. The highest BCUT2D eigenvalue weighted by atomic mass is 16.2. The number of pyridine rings is 1. The number of amides is 2. The predicted molar refractivity (Wildman–Crippen MR) is 105 cm³/mol. The molecule has 1 aliphatic carbocycles. The van der Waals surface area contributed by atoms with Crippen molar-refractivity contribution in [3.05, 3.63) is 35.8 Å². The highest BCUT2D eigenvalue weighted by molar-refractivity contribution is 5.87. The number of aryl methyl sites for hydroxylation is 1. The summed E-state index contributed by atoms with van der Waals surface area (Å²) in [6, 6.07) is 4.00. The third kappa shape index (κ3) is 3.01. The summed E-state index contributed by atoms with van der Waals surface area (Å²) in [6.07, 6.45) is 5.22. The fourth-order valence-electron chi connectivity index (χ4n) is 4.35. The summed E-state index contributed by atoms with van der Waals surface area (Å²) in [5.74, 6) is -0.0281. The van der Waals surface area contributed by atoms with Crippen molar-refractivity contribution in [3.63, 3.8) is 0 Å². The van der Waals surface area contributed by atoms with Gasteiger partial charge in [0.2, 0.25) is 11.8 Å². The largest absolute Gasteiger partial charge is 0.350 e. The first kappa shape index (κ1) is 19.4. The van der Waals surface area contributed by atoms with Gasteiger partial charge in [-0.05, 0) is 36.8 Å². The molecule has 1 saturated carbocycles. The van der Waals surface area contributed by atoms with Gasteiger partial charge in [-0.3, -0.25) is 9.59 Å². The molecule has 0 radical (unpaired) electrons. The average molecular weight is 370 g/mol. The van der Waals surface area contributed by atoms with Crippen LogP contribution in [0.25, 0.3) is 5.65 Å². The van der Waals surface area contributed by atoms with Gasteiger partial charge in [-0.1, -0.05) is 26.8 Å². The van der Waals surface area contributed by atoms with Crippen LogP contribution in [0, 0.1) is 23.7 Å². The van der Waals surface area contributed by atoms with Crippen LogP contribution >= 0.6 is 0 Å². The monoisotopic (exact) mass is 370 g/mol. The van der Waals surface area contributed by atoms with E-state index in [9.17, 15) is 9.59 Å². The van der Waals surface area contributed by atoms with E-state index < -0.39 is 10.8 Å². The molecule has 0 unspecified atom stereocenters. The molecule has 3 rings (SSSR count). The lowest BCUT2D eigenvalue weighted by Crippen LogP contribution is -2.49. The van der Waals surface area contributed by atoms with Gasteiger partial charge in [0, 0.05) is 26.2 Å². The molecule has 2 heterocycles.